The summed E-state index contributed by atoms with van der Waals surface area (Å²) in [7, 11) is 1.92. The monoisotopic (exact) mass is 224 g/mol. The number of nitrogens with zero attached hydrogens (tertiary/aromatic N) is 5. The van der Waals surface area contributed by atoms with Crippen molar-refractivity contribution in [3.63, 3.8) is 0 Å². The summed E-state index contributed by atoms with van der Waals surface area (Å²) in [5, 5.41) is 20.8. The van der Waals surface area contributed by atoms with E-state index in [2.05, 4.69) is 25.7 Å². The lowest BCUT2D eigenvalue weighted by Crippen LogP contribution is -2.11. The SMILES string of the molecule is Cc1nnc(NC(C)c2nncn2C)s1. The minimum Gasteiger partial charge on any atom is -0.350 e. The normalized spacial score (nSPS) is 12.7. The van der Waals surface area contributed by atoms with E-state index >= 15 is 0 Å². The van der Waals surface area contributed by atoms with Crippen molar-refractivity contribution < 1.29 is 0 Å². The molecule has 0 aliphatic rings. The van der Waals surface area contributed by atoms with Crippen LogP contribution in [0.25, 0.3) is 0 Å². The maximum Gasteiger partial charge on any atom is 0.206 e. The molecule has 2 rings (SSSR count). The summed E-state index contributed by atoms with van der Waals surface area (Å²) in [6, 6.07) is 0.0739. The molecule has 0 fully saturated rings. The summed E-state index contributed by atoms with van der Waals surface area (Å²) in [6.07, 6.45) is 1.68. The topological polar surface area (TPSA) is 68.5 Å². The number of aryl methyl sites for hydroxylation is 2. The minimum atomic E-state index is 0.0739. The van der Waals surface area contributed by atoms with E-state index in [9.17, 15) is 0 Å². The minimum absolute atomic E-state index is 0.0739. The highest BCUT2D eigenvalue weighted by molar-refractivity contribution is 7.15. The number of anilines is 1. The summed E-state index contributed by atoms with van der Waals surface area (Å²) in [4.78, 5) is 0. The van der Waals surface area contributed by atoms with Crippen LogP contribution in [0.5, 0.6) is 0 Å². The highest BCUT2D eigenvalue weighted by Gasteiger charge is 2.12. The summed E-state index contributed by atoms with van der Waals surface area (Å²) in [5.41, 5.74) is 0. The molecular formula is C8H12N6S. The van der Waals surface area contributed by atoms with Gasteiger partial charge >= 0.3 is 0 Å². The van der Waals surface area contributed by atoms with Crippen molar-refractivity contribution in [2.24, 2.45) is 7.05 Å². The van der Waals surface area contributed by atoms with Crippen LogP contribution < -0.4 is 5.32 Å². The van der Waals surface area contributed by atoms with Crippen molar-refractivity contribution in [3.05, 3.63) is 17.2 Å². The van der Waals surface area contributed by atoms with Gasteiger partial charge in [-0.3, -0.25) is 0 Å². The molecule has 1 unspecified atom stereocenters. The molecule has 0 bridgehead atoms. The predicted octanol–water partition coefficient (Wildman–Crippen LogP) is 1.15. The van der Waals surface area contributed by atoms with Crippen LogP contribution in [-0.4, -0.2) is 25.0 Å². The van der Waals surface area contributed by atoms with Crippen molar-refractivity contribution in [2.75, 3.05) is 5.32 Å². The van der Waals surface area contributed by atoms with Crippen LogP contribution in [0.2, 0.25) is 0 Å². The summed E-state index contributed by atoms with van der Waals surface area (Å²) in [5.74, 6) is 0.878. The van der Waals surface area contributed by atoms with E-state index in [4.69, 9.17) is 0 Å². The fraction of sp³-hybridized carbons (Fsp3) is 0.500. The summed E-state index contributed by atoms with van der Waals surface area (Å²) in [6.45, 7) is 3.94. The Balaban J connectivity index is 2.10. The highest BCUT2D eigenvalue weighted by Crippen LogP contribution is 2.19. The predicted molar refractivity (Wildman–Crippen MR) is 57.7 cm³/mol. The van der Waals surface area contributed by atoms with Crippen LogP contribution in [0.15, 0.2) is 6.33 Å². The van der Waals surface area contributed by atoms with Gasteiger partial charge in [-0.2, -0.15) is 0 Å². The number of nitrogens with one attached hydrogen (secondary N) is 1. The van der Waals surface area contributed by atoms with Crippen molar-refractivity contribution in [3.8, 4) is 0 Å². The van der Waals surface area contributed by atoms with Gasteiger partial charge in [-0.15, -0.1) is 20.4 Å². The largest absolute Gasteiger partial charge is 0.350 e. The van der Waals surface area contributed by atoms with Crippen LogP contribution in [0.1, 0.15) is 23.8 Å². The zero-order chi connectivity index (χ0) is 10.8. The van der Waals surface area contributed by atoms with E-state index < -0.39 is 0 Å². The van der Waals surface area contributed by atoms with Gasteiger partial charge in [0.1, 0.15) is 11.3 Å². The molecule has 1 N–H and O–H groups in total. The average molecular weight is 224 g/mol. The molecule has 0 amide bonds. The second kappa shape index (κ2) is 3.93. The van der Waals surface area contributed by atoms with Gasteiger partial charge in [0.25, 0.3) is 0 Å². The van der Waals surface area contributed by atoms with Crippen LogP contribution in [0.4, 0.5) is 5.13 Å². The first-order chi connectivity index (χ1) is 7.16. The molecule has 2 aromatic heterocycles. The lowest BCUT2D eigenvalue weighted by molar-refractivity contribution is 0.717. The third-order valence-electron chi connectivity index (χ3n) is 2.00. The molecule has 0 saturated heterocycles. The quantitative estimate of drug-likeness (QED) is 0.847. The second-order valence-corrected chi connectivity index (χ2v) is 4.47. The number of aromatic nitrogens is 5. The van der Waals surface area contributed by atoms with Gasteiger partial charge in [-0.1, -0.05) is 11.3 Å². The molecule has 2 aromatic rings. The van der Waals surface area contributed by atoms with Gasteiger partial charge < -0.3 is 9.88 Å². The van der Waals surface area contributed by atoms with Gasteiger partial charge in [-0.05, 0) is 13.8 Å². The first kappa shape index (κ1) is 10.0. The fourth-order valence-corrected chi connectivity index (χ4v) is 1.97. The Morgan fingerprint density at radius 1 is 1.40 bits per heavy atom. The molecule has 0 aliphatic carbocycles. The van der Waals surface area contributed by atoms with E-state index in [1.165, 1.54) is 11.3 Å². The van der Waals surface area contributed by atoms with E-state index in [-0.39, 0.29) is 6.04 Å². The molecule has 0 radical (unpaired) electrons. The van der Waals surface area contributed by atoms with Gasteiger partial charge in [0, 0.05) is 7.05 Å². The Kier molecular flexibility index (Phi) is 2.63. The van der Waals surface area contributed by atoms with Crippen molar-refractivity contribution >= 4 is 16.5 Å². The van der Waals surface area contributed by atoms with Crippen LogP contribution in [0.3, 0.4) is 0 Å². The highest BCUT2D eigenvalue weighted by atomic mass is 32.1. The number of hydrogen-bond acceptors (Lipinski definition) is 6. The van der Waals surface area contributed by atoms with Crippen molar-refractivity contribution in [1.82, 2.24) is 25.0 Å². The maximum absolute atomic E-state index is 4.03. The van der Waals surface area contributed by atoms with Crippen molar-refractivity contribution in [1.29, 1.82) is 0 Å². The van der Waals surface area contributed by atoms with Crippen LogP contribution in [0, 0.1) is 6.92 Å². The number of rotatable bonds is 3. The zero-order valence-corrected chi connectivity index (χ0v) is 9.62. The molecule has 2 heterocycles. The third kappa shape index (κ3) is 2.12. The fourth-order valence-electron chi connectivity index (χ4n) is 1.29. The Labute approximate surface area is 91.4 Å². The smallest absolute Gasteiger partial charge is 0.206 e. The van der Waals surface area contributed by atoms with Crippen LogP contribution in [-0.2, 0) is 7.05 Å². The zero-order valence-electron chi connectivity index (χ0n) is 8.80. The first-order valence-corrected chi connectivity index (χ1v) is 5.39. The molecule has 0 aromatic carbocycles. The standard InChI is InChI=1S/C8H12N6S/c1-5(7-12-9-4-14(7)3)10-8-13-11-6(2)15-8/h4-5H,1-3H3,(H,10,13). The van der Waals surface area contributed by atoms with Crippen LogP contribution >= 0.6 is 11.3 Å². The Hall–Kier alpha value is -1.50. The van der Waals surface area contributed by atoms with Gasteiger partial charge in [0.2, 0.25) is 5.13 Å². The van der Waals surface area contributed by atoms with Gasteiger partial charge in [-0.25, -0.2) is 0 Å². The molecule has 0 spiro atoms. The Morgan fingerprint density at radius 2 is 2.20 bits per heavy atom. The Morgan fingerprint density at radius 3 is 2.73 bits per heavy atom. The molecule has 0 saturated carbocycles. The van der Waals surface area contributed by atoms with Gasteiger partial charge in [0.05, 0.1) is 6.04 Å². The average Bonchev–Trinajstić information content (AvgIpc) is 2.75. The summed E-state index contributed by atoms with van der Waals surface area (Å²) < 4.78 is 1.88. The molecule has 80 valence electrons. The third-order valence-corrected chi connectivity index (χ3v) is 2.77. The molecule has 0 aliphatic heterocycles. The van der Waals surface area contributed by atoms with E-state index in [0.29, 0.717) is 0 Å². The van der Waals surface area contributed by atoms with Crippen molar-refractivity contribution in [2.45, 2.75) is 19.9 Å². The molecule has 6 nitrogen and oxygen atoms in total. The second-order valence-electron chi connectivity index (χ2n) is 3.29. The first-order valence-electron chi connectivity index (χ1n) is 4.57. The van der Waals surface area contributed by atoms with Gasteiger partial charge in [0.15, 0.2) is 5.82 Å². The van der Waals surface area contributed by atoms with E-state index in [1.807, 2.05) is 25.5 Å². The van der Waals surface area contributed by atoms with E-state index in [0.717, 1.165) is 16.0 Å². The molecule has 15 heavy (non-hydrogen) atoms. The molecule has 7 heteroatoms. The lowest BCUT2D eigenvalue weighted by atomic mass is 10.3. The Bertz CT molecular complexity index is 447. The molecular weight excluding hydrogens is 212 g/mol. The number of hydrogen-bond donors (Lipinski definition) is 1. The lowest BCUT2D eigenvalue weighted by Gasteiger charge is -2.10. The van der Waals surface area contributed by atoms with E-state index in [1.54, 1.807) is 6.33 Å². The summed E-state index contributed by atoms with van der Waals surface area (Å²) >= 11 is 1.53. The molecule has 1 atom stereocenters. The maximum atomic E-state index is 4.03.